The van der Waals surface area contributed by atoms with Gasteiger partial charge in [0.05, 0.1) is 12.5 Å². The summed E-state index contributed by atoms with van der Waals surface area (Å²) in [6.07, 6.45) is -4.67. The van der Waals surface area contributed by atoms with Crippen molar-refractivity contribution in [2.24, 2.45) is 5.41 Å². The van der Waals surface area contributed by atoms with Crippen LogP contribution >= 0.6 is 0 Å². The van der Waals surface area contributed by atoms with Crippen LogP contribution in [0.15, 0.2) is 12.1 Å². The number of halogens is 3. The molecule has 2 aromatic rings. The van der Waals surface area contributed by atoms with Crippen molar-refractivity contribution < 1.29 is 22.7 Å². The summed E-state index contributed by atoms with van der Waals surface area (Å²) in [7, 11) is 1.28. The molecule has 0 aliphatic carbocycles. The lowest BCUT2D eigenvalue weighted by Gasteiger charge is -2.40. The van der Waals surface area contributed by atoms with Gasteiger partial charge in [0.25, 0.3) is 5.82 Å². The molecule has 1 N–H and O–H groups in total. The number of carbonyl (C=O) groups is 1. The molecule has 132 valence electrons. The number of fused-ring (bicyclic) bond motifs is 1. The molecule has 2 aromatic heterocycles. The standard InChI is InChI=1S/C14H18F3N5O2/c1-12(2,11(23)24-5)13(3,4)18-8-6-7-9-19-20-10(14(15,16)17)22(9)21-8/h6-7H,1-5H3,(H,18,21). The highest BCUT2D eigenvalue weighted by Gasteiger charge is 2.45. The smallest absolute Gasteiger partial charge is 0.453 e. The number of hydrogen-bond donors (Lipinski definition) is 1. The van der Waals surface area contributed by atoms with Gasteiger partial charge in [-0.05, 0) is 39.8 Å². The Hall–Kier alpha value is -2.39. The average molecular weight is 345 g/mol. The number of hydrogen-bond acceptors (Lipinski definition) is 6. The van der Waals surface area contributed by atoms with E-state index >= 15 is 0 Å². The van der Waals surface area contributed by atoms with E-state index in [9.17, 15) is 18.0 Å². The van der Waals surface area contributed by atoms with Gasteiger partial charge in [-0.2, -0.15) is 17.7 Å². The Morgan fingerprint density at radius 3 is 2.33 bits per heavy atom. The summed E-state index contributed by atoms with van der Waals surface area (Å²) in [5, 5.41) is 13.4. The van der Waals surface area contributed by atoms with Gasteiger partial charge >= 0.3 is 12.1 Å². The Balaban J connectivity index is 2.41. The molecule has 0 fully saturated rings. The molecule has 0 saturated carbocycles. The summed E-state index contributed by atoms with van der Waals surface area (Å²) in [4.78, 5) is 12.0. The summed E-state index contributed by atoms with van der Waals surface area (Å²) in [6.45, 7) is 6.80. The molecule has 10 heteroatoms. The van der Waals surface area contributed by atoms with Crippen molar-refractivity contribution in [1.29, 1.82) is 0 Å². The van der Waals surface area contributed by atoms with Gasteiger partial charge < -0.3 is 10.1 Å². The van der Waals surface area contributed by atoms with Crippen molar-refractivity contribution in [3.05, 3.63) is 18.0 Å². The number of methoxy groups -OCH3 is 1. The molecule has 0 aliphatic heterocycles. The van der Waals surface area contributed by atoms with Crippen molar-refractivity contribution in [3.8, 4) is 0 Å². The van der Waals surface area contributed by atoms with E-state index in [2.05, 4.69) is 20.6 Å². The van der Waals surface area contributed by atoms with Crippen LogP contribution < -0.4 is 5.32 Å². The third kappa shape index (κ3) is 3.00. The monoisotopic (exact) mass is 345 g/mol. The van der Waals surface area contributed by atoms with Gasteiger partial charge in [-0.1, -0.05) is 0 Å². The van der Waals surface area contributed by atoms with Crippen molar-refractivity contribution in [1.82, 2.24) is 19.8 Å². The molecule has 0 amide bonds. The van der Waals surface area contributed by atoms with Crippen LogP contribution in [0.4, 0.5) is 19.0 Å². The van der Waals surface area contributed by atoms with Crippen LogP contribution in [0.3, 0.4) is 0 Å². The summed E-state index contributed by atoms with van der Waals surface area (Å²) in [6, 6.07) is 2.83. The molecule has 0 saturated heterocycles. The fraction of sp³-hybridized carbons (Fsp3) is 0.571. The second-order valence-corrected chi connectivity index (χ2v) is 6.38. The maximum Gasteiger partial charge on any atom is 0.453 e. The van der Waals surface area contributed by atoms with E-state index in [1.54, 1.807) is 27.7 Å². The number of anilines is 1. The molecular weight excluding hydrogens is 327 g/mol. The van der Waals surface area contributed by atoms with Crippen LogP contribution in [-0.4, -0.2) is 38.4 Å². The minimum absolute atomic E-state index is 0.0297. The van der Waals surface area contributed by atoms with E-state index in [4.69, 9.17) is 4.74 Å². The lowest BCUT2D eigenvalue weighted by Crippen LogP contribution is -2.51. The largest absolute Gasteiger partial charge is 0.469 e. The number of esters is 1. The van der Waals surface area contributed by atoms with Crippen LogP contribution in [0.1, 0.15) is 33.5 Å². The minimum Gasteiger partial charge on any atom is -0.469 e. The molecule has 7 nitrogen and oxygen atoms in total. The molecular formula is C14H18F3N5O2. The molecule has 2 rings (SSSR count). The zero-order valence-electron chi connectivity index (χ0n) is 13.9. The van der Waals surface area contributed by atoms with E-state index in [0.717, 1.165) is 0 Å². The molecule has 0 bridgehead atoms. The van der Waals surface area contributed by atoms with Gasteiger partial charge in [0.15, 0.2) is 5.65 Å². The third-order valence-corrected chi connectivity index (χ3v) is 4.22. The van der Waals surface area contributed by atoms with Gasteiger partial charge in [0.2, 0.25) is 0 Å². The molecule has 0 atom stereocenters. The second kappa shape index (κ2) is 5.60. The number of rotatable bonds is 4. The van der Waals surface area contributed by atoms with Gasteiger partial charge in [-0.15, -0.1) is 15.3 Å². The second-order valence-electron chi connectivity index (χ2n) is 6.38. The Morgan fingerprint density at radius 2 is 1.79 bits per heavy atom. The quantitative estimate of drug-likeness (QED) is 0.858. The minimum atomic E-state index is -4.67. The van der Waals surface area contributed by atoms with Crippen molar-refractivity contribution >= 4 is 17.4 Å². The van der Waals surface area contributed by atoms with E-state index in [0.29, 0.717) is 4.52 Å². The summed E-state index contributed by atoms with van der Waals surface area (Å²) >= 11 is 0. The zero-order chi connectivity index (χ0) is 18.3. The normalized spacial score (nSPS) is 13.2. The molecule has 0 aliphatic rings. The van der Waals surface area contributed by atoms with E-state index in [1.807, 2.05) is 0 Å². The third-order valence-electron chi connectivity index (χ3n) is 4.22. The Bertz CT molecular complexity index is 767. The Kier molecular flexibility index (Phi) is 4.19. The van der Waals surface area contributed by atoms with Gasteiger partial charge in [-0.3, -0.25) is 4.79 Å². The first-order valence-corrected chi connectivity index (χ1v) is 7.06. The Labute approximate surface area is 136 Å². The van der Waals surface area contributed by atoms with Crippen LogP contribution in [0.25, 0.3) is 5.65 Å². The molecule has 24 heavy (non-hydrogen) atoms. The fourth-order valence-corrected chi connectivity index (χ4v) is 2.02. The first-order valence-electron chi connectivity index (χ1n) is 7.06. The first-order chi connectivity index (χ1) is 10.9. The number of ether oxygens (including phenoxy) is 1. The van der Waals surface area contributed by atoms with Crippen molar-refractivity contribution in [2.45, 2.75) is 39.4 Å². The number of alkyl halides is 3. The summed E-state index contributed by atoms with van der Waals surface area (Å²) in [5.74, 6) is -1.53. The number of carbonyl (C=O) groups excluding carboxylic acids is 1. The van der Waals surface area contributed by atoms with Crippen LogP contribution in [-0.2, 0) is 15.7 Å². The topological polar surface area (TPSA) is 81.4 Å². The van der Waals surface area contributed by atoms with Crippen molar-refractivity contribution in [2.75, 3.05) is 12.4 Å². The SMILES string of the molecule is COC(=O)C(C)(C)C(C)(C)Nc1ccc2nnc(C(F)(F)F)n2n1. The predicted octanol–water partition coefficient (Wildman–Crippen LogP) is 2.53. The van der Waals surface area contributed by atoms with E-state index in [1.165, 1.54) is 19.2 Å². The van der Waals surface area contributed by atoms with E-state index in [-0.39, 0.29) is 11.5 Å². The number of aromatic nitrogens is 4. The van der Waals surface area contributed by atoms with Gasteiger partial charge in [0, 0.05) is 5.54 Å². The van der Waals surface area contributed by atoms with Crippen LogP contribution in [0.2, 0.25) is 0 Å². The average Bonchev–Trinajstić information content (AvgIpc) is 2.88. The molecule has 0 aromatic carbocycles. The molecule has 2 heterocycles. The Morgan fingerprint density at radius 1 is 1.17 bits per heavy atom. The predicted molar refractivity (Wildman–Crippen MR) is 79.3 cm³/mol. The maximum absolute atomic E-state index is 12.9. The molecule has 0 unspecified atom stereocenters. The lowest BCUT2D eigenvalue weighted by atomic mass is 9.74. The van der Waals surface area contributed by atoms with Crippen LogP contribution in [0.5, 0.6) is 0 Å². The molecule has 0 radical (unpaired) electrons. The highest BCUT2D eigenvalue weighted by atomic mass is 19.4. The van der Waals surface area contributed by atoms with Crippen molar-refractivity contribution in [3.63, 3.8) is 0 Å². The van der Waals surface area contributed by atoms with Gasteiger partial charge in [0.1, 0.15) is 5.82 Å². The highest BCUT2D eigenvalue weighted by molar-refractivity contribution is 5.78. The maximum atomic E-state index is 12.9. The zero-order valence-corrected chi connectivity index (χ0v) is 13.9. The van der Waals surface area contributed by atoms with Crippen LogP contribution in [0, 0.1) is 5.41 Å². The highest BCUT2D eigenvalue weighted by Crippen LogP contribution is 2.34. The fourth-order valence-electron chi connectivity index (χ4n) is 2.02. The number of nitrogens with one attached hydrogen (secondary N) is 1. The number of nitrogens with zero attached hydrogens (tertiary/aromatic N) is 4. The van der Waals surface area contributed by atoms with E-state index < -0.39 is 28.9 Å². The molecule has 0 spiro atoms. The summed E-state index contributed by atoms with van der Waals surface area (Å²) in [5.41, 5.74) is -1.84. The van der Waals surface area contributed by atoms with Gasteiger partial charge in [-0.25, -0.2) is 0 Å². The first kappa shape index (κ1) is 18.0. The summed E-state index contributed by atoms with van der Waals surface area (Å²) < 4.78 is 44.2. The lowest BCUT2D eigenvalue weighted by molar-refractivity contribution is -0.153.